The van der Waals surface area contributed by atoms with Crippen molar-refractivity contribution in [2.24, 2.45) is 0 Å². The minimum absolute atomic E-state index is 0.265. The number of hydrogen-bond donors (Lipinski definition) is 2. The van der Waals surface area contributed by atoms with Gasteiger partial charge in [-0.2, -0.15) is 0 Å². The molecule has 5 heteroatoms. The molecule has 0 aliphatic rings. The summed E-state index contributed by atoms with van der Waals surface area (Å²) in [5, 5.41) is 2.62. The van der Waals surface area contributed by atoms with Gasteiger partial charge in [0.2, 0.25) is 0 Å². The number of nitrogen functional groups attached to an aromatic ring is 1. The number of carbonyl (C=O) groups excluding carboxylic acids is 1. The highest BCUT2D eigenvalue weighted by molar-refractivity contribution is 5.98. The summed E-state index contributed by atoms with van der Waals surface area (Å²) >= 11 is 0. The van der Waals surface area contributed by atoms with E-state index in [1.54, 1.807) is 13.0 Å². The highest BCUT2D eigenvalue weighted by Crippen LogP contribution is 2.08. The van der Waals surface area contributed by atoms with Crippen LogP contribution in [0.2, 0.25) is 0 Å². The maximum absolute atomic E-state index is 11.5. The van der Waals surface area contributed by atoms with Crippen molar-refractivity contribution in [2.75, 3.05) is 12.8 Å². The van der Waals surface area contributed by atoms with Crippen LogP contribution in [0.25, 0.3) is 0 Å². The van der Waals surface area contributed by atoms with Crippen LogP contribution in [0.4, 0.5) is 5.69 Å². The van der Waals surface area contributed by atoms with Crippen LogP contribution in [0.1, 0.15) is 17.3 Å². The molecule has 0 spiro atoms. The van der Waals surface area contributed by atoms with Crippen LogP contribution in [0.3, 0.4) is 0 Å². The maximum atomic E-state index is 11.5. The van der Waals surface area contributed by atoms with Crippen LogP contribution >= 0.6 is 0 Å². The first-order chi connectivity index (χ1) is 6.65. The zero-order valence-corrected chi connectivity index (χ0v) is 8.15. The summed E-state index contributed by atoms with van der Waals surface area (Å²) in [5.41, 5.74) is 6.34. The number of nitrogens with zero attached hydrogens (tertiary/aromatic N) is 1. The molecule has 1 rings (SSSR count). The minimum atomic E-state index is -0.338. The zero-order valence-electron chi connectivity index (χ0n) is 8.15. The van der Waals surface area contributed by atoms with E-state index in [-0.39, 0.29) is 12.1 Å². The van der Waals surface area contributed by atoms with E-state index >= 15 is 0 Å². The second kappa shape index (κ2) is 4.57. The van der Waals surface area contributed by atoms with Crippen molar-refractivity contribution in [3.63, 3.8) is 0 Å². The minimum Gasteiger partial charge on any atom is -0.397 e. The zero-order chi connectivity index (χ0) is 10.6. The Morgan fingerprint density at radius 2 is 2.43 bits per heavy atom. The van der Waals surface area contributed by atoms with Gasteiger partial charge in [0.25, 0.3) is 5.91 Å². The Morgan fingerprint density at radius 1 is 1.71 bits per heavy atom. The normalized spacial score (nSPS) is 12.1. The van der Waals surface area contributed by atoms with Crippen LogP contribution in [-0.4, -0.2) is 24.2 Å². The molecule has 0 radical (unpaired) electrons. The fourth-order valence-electron chi connectivity index (χ4n) is 0.935. The van der Waals surface area contributed by atoms with Crippen LogP contribution in [0, 0.1) is 0 Å². The number of ether oxygens (including phenoxy) is 1. The van der Waals surface area contributed by atoms with Crippen molar-refractivity contribution in [1.82, 2.24) is 10.3 Å². The van der Waals surface area contributed by atoms with Gasteiger partial charge in [0.05, 0.1) is 17.4 Å². The standard InChI is InChI=1S/C9H13N3O2/c1-6(14-2)12-9(13)7-3-4-11-5-8(7)10/h3-6H,10H2,1-2H3,(H,12,13). The Hall–Kier alpha value is -1.62. The quantitative estimate of drug-likeness (QED) is 0.684. The lowest BCUT2D eigenvalue weighted by molar-refractivity contribution is 0.0659. The summed E-state index contributed by atoms with van der Waals surface area (Å²) in [4.78, 5) is 15.3. The van der Waals surface area contributed by atoms with E-state index in [2.05, 4.69) is 10.3 Å². The van der Waals surface area contributed by atoms with E-state index in [1.165, 1.54) is 19.5 Å². The summed E-state index contributed by atoms with van der Waals surface area (Å²) < 4.78 is 4.89. The maximum Gasteiger partial charge on any atom is 0.255 e. The molecule has 0 bridgehead atoms. The highest BCUT2D eigenvalue weighted by atomic mass is 16.5. The van der Waals surface area contributed by atoms with E-state index in [1.807, 2.05) is 0 Å². The number of amides is 1. The second-order valence-electron chi connectivity index (χ2n) is 2.81. The number of rotatable bonds is 3. The molecule has 1 aromatic heterocycles. The molecule has 1 amide bonds. The first-order valence-electron chi connectivity index (χ1n) is 4.18. The fourth-order valence-corrected chi connectivity index (χ4v) is 0.935. The Bertz CT molecular complexity index is 328. The molecular weight excluding hydrogens is 182 g/mol. The predicted octanol–water partition coefficient (Wildman–Crippen LogP) is 0.386. The molecule has 0 saturated heterocycles. The summed E-state index contributed by atoms with van der Waals surface area (Å²) in [7, 11) is 1.51. The van der Waals surface area contributed by atoms with Crippen molar-refractivity contribution in [1.29, 1.82) is 0 Å². The summed E-state index contributed by atoms with van der Waals surface area (Å²) in [6, 6.07) is 1.56. The third kappa shape index (κ3) is 2.43. The average Bonchev–Trinajstić information content (AvgIpc) is 2.18. The molecule has 1 unspecified atom stereocenters. The molecular formula is C9H13N3O2. The van der Waals surface area contributed by atoms with E-state index in [0.29, 0.717) is 11.3 Å². The molecule has 5 nitrogen and oxygen atoms in total. The lowest BCUT2D eigenvalue weighted by atomic mass is 10.2. The molecule has 76 valence electrons. The monoisotopic (exact) mass is 195 g/mol. The number of carbonyl (C=O) groups is 1. The van der Waals surface area contributed by atoms with Gasteiger partial charge in [0.15, 0.2) is 0 Å². The molecule has 14 heavy (non-hydrogen) atoms. The first-order valence-corrected chi connectivity index (χ1v) is 4.18. The predicted molar refractivity (Wildman–Crippen MR) is 52.6 cm³/mol. The number of anilines is 1. The van der Waals surface area contributed by atoms with Crippen LogP contribution in [0.15, 0.2) is 18.5 Å². The number of aromatic nitrogens is 1. The Kier molecular flexibility index (Phi) is 3.41. The average molecular weight is 195 g/mol. The van der Waals surface area contributed by atoms with Crippen molar-refractivity contribution < 1.29 is 9.53 Å². The van der Waals surface area contributed by atoms with Crippen molar-refractivity contribution in [2.45, 2.75) is 13.2 Å². The summed E-state index contributed by atoms with van der Waals surface area (Å²) in [6.07, 6.45) is 2.62. The molecule has 0 saturated carbocycles. The number of hydrogen-bond acceptors (Lipinski definition) is 4. The van der Waals surface area contributed by atoms with Gasteiger partial charge in [-0.05, 0) is 13.0 Å². The Morgan fingerprint density at radius 3 is 3.00 bits per heavy atom. The fraction of sp³-hybridized carbons (Fsp3) is 0.333. The van der Waals surface area contributed by atoms with Crippen LogP contribution < -0.4 is 11.1 Å². The van der Waals surface area contributed by atoms with E-state index in [9.17, 15) is 4.79 Å². The third-order valence-electron chi connectivity index (χ3n) is 1.78. The molecule has 0 fully saturated rings. The second-order valence-corrected chi connectivity index (χ2v) is 2.81. The van der Waals surface area contributed by atoms with E-state index in [0.717, 1.165) is 0 Å². The lowest BCUT2D eigenvalue weighted by Crippen LogP contribution is -2.34. The molecule has 1 heterocycles. The Balaban J connectivity index is 2.75. The van der Waals surface area contributed by atoms with Gasteiger partial charge in [-0.1, -0.05) is 0 Å². The van der Waals surface area contributed by atoms with Gasteiger partial charge in [-0.25, -0.2) is 0 Å². The number of nitrogens with two attached hydrogens (primary N) is 1. The van der Waals surface area contributed by atoms with Crippen molar-refractivity contribution in [3.05, 3.63) is 24.0 Å². The highest BCUT2D eigenvalue weighted by Gasteiger charge is 2.11. The van der Waals surface area contributed by atoms with Gasteiger partial charge < -0.3 is 15.8 Å². The number of pyridine rings is 1. The summed E-state index contributed by atoms with van der Waals surface area (Å²) in [6.45, 7) is 1.73. The number of nitrogens with one attached hydrogen (secondary N) is 1. The largest absolute Gasteiger partial charge is 0.397 e. The van der Waals surface area contributed by atoms with Crippen molar-refractivity contribution in [3.8, 4) is 0 Å². The van der Waals surface area contributed by atoms with Gasteiger partial charge in [0, 0.05) is 13.3 Å². The lowest BCUT2D eigenvalue weighted by Gasteiger charge is -2.12. The van der Waals surface area contributed by atoms with Gasteiger partial charge >= 0.3 is 0 Å². The number of methoxy groups -OCH3 is 1. The first kappa shape index (κ1) is 10.5. The topological polar surface area (TPSA) is 77.2 Å². The molecule has 1 aromatic rings. The molecule has 0 aliphatic heterocycles. The van der Waals surface area contributed by atoms with E-state index in [4.69, 9.17) is 10.5 Å². The smallest absolute Gasteiger partial charge is 0.255 e. The SMILES string of the molecule is COC(C)NC(=O)c1ccncc1N. The molecule has 3 N–H and O–H groups in total. The molecule has 1 atom stereocenters. The van der Waals surface area contributed by atoms with Gasteiger partial charge in [0.1, 0.15) is 6.23 Å². The van der Waals surface area contributed by atoms with Gasteiger partial charge in [-0.3, -0.25) is 9.78 Å². The van der Waals surface area contributed by atoms with Gasteiger partial charge in [-0.15, -0.1) is 0 Å². The van der Waals surface area contributed by atoms with E-state index < -0.39 is 0 Å². The Labute approximate surface area is 82.3 Å². The van der Waals surface area contributed by atoms with Crippen molar-refractivity contribution >= 4 is 11.6 Å². The third-order valence-corrected chi connectivity index (χ3v) is 1.78. The molecule has 0 aromatic carbocycles. The van der Waals surface area contributed by atoms with Crippen LogP contribution in [0.5, 0.6) is 0 Å². The molecule has 0 aliphatic carbocycles. The van der Waals surface area contributed by atoms with Crippen LogP contribution in [-0.2, 0) is 4.74 Å². The summed E-state index contributed by atoms with van der Waals surface area (Å²) in [5.74, 6) is -0.265.